The van der Waals surface area contributed by atoms with Crippen molar-refractivity contribution in [1.29, 1.82) is 0 Å². The maximum absolute atomic E-state index is 12.0. The van der Waals surface area contributed by atoms with E-state index in [1.165, 1.54) is 18.2 Å². The fourth-order valence-corrected chi connectivity index (χ4v) is 2.47. The molecule has 9 heteroatoms. The third kappa shape index (κ3) is 2.93. The summed E-state index contributed by atoms with van der Waals surface area (Å²) in [5, 5.41) is 23.2. The number of carbonyl (C=O) groups is 2. The first-order valence-corrected chi connectivity index (χ1v) is 7.05. The van der Waals surface area contributed by atoms with Gasteiger partial charge in [-0.25, -0.2) is 4.79 Å². The SMILES string of the molecule is C=CCN1C(=O)N/C(=C/c2cc([N+](=O)[O-])cc(I)c2O)C1=O. The Balaban J connectivity index is 2.46. The van der Waals surface area contributed by atoms with Crippen molar-refractivity contribution in [2.45, 2.75) is 0 Å². The minimum atomic E-state index is -0.615. The molecule has 0 spiro atoms. The van der Waals surface area contributed by atoms with Gasteiger partial charge in [0.2, 0.25) is 0 Å². The molecule has 1 aliphatic heterocycles. The highest BCUT2D eigenvalue weighted by atomic mass is 127. The zero-order valence-electron chi connectivity index (χ0n) is 11.1. The zero-order valence-corrected chi connectivity index (χ0v) is 13.2. The Kier molecular flexibility index (Phi) is 4.45. The predicted molar refractivity (Wildman–Crippen MR) is 85.9 cm³/mol. The molecular weight excluding hydrogens is 405 g/mol. The second-order valence-electron chi connectivity index (χ2n) is 4.32. The van der Waals surface area contributed by atoms with Crippen molar-refractivity contribution in [2.24, 2.45) is 0 Å². The van der Waals surface area contributed by atoms with Gasteiger partial charge >= 0.3 is 6.03 Å². The predicted octanol–water partition coefficient (Wildman–Crippen LogP) is 1.98. The van der Waals surface area contributed by atoms with Crippen LogP contribution in [0, 0.1) is 13.7 Å². The third-order valence-corrected chi connectivity index (χ3v) is 3.68. The van der Waals surface area contributed by atoms with E-state index < -0.39 is 16.9 Å². The molecule has 2 N–H and O–H groups in total. The van der Waals surface area contributed by atoms with E-state index in [2.05, 4.69) is 11.9 Å². The maximum Gasteiger partial charge on any atom is 0.329 e. The van der Waals surface area contributed by atoms with E-state index in [0.717, 1.165) is 11.0 Å². The summed E-state index contributed by atoms with van der Waals surface area (Å²) in [6.45, 7) is 3.49. The van der Waals surface area contributed by atoms with E-state index in [1.54, 1.807) is 22.6 Å². The number of non-ortho nitro benzene ring substituents is 1. The molecule has 1 saturated heterocycles. The fourth-order valence-electron chi connectivity index (χ4n) is 1.84. The Morgan fingerprint density at radius 2 is 2.14 bits per heavy atom. The molecule has 1 aromatic rings. The Morgan fingerprint density at radius 1 is 1.45 bits per heavy atom. The molecule has 0 radical (unpaired) electrons. The normalized spacial score (nSPS) is 16.0. The lowest BCUT2D eigenvalue weighted by atomic mass is 10.1. The van der Waals surface area contributed by atoms with E-state index in [1.807, 2.05) is 0 Å². The molecule has 0 atom stereocenters. The smallest absolute Gasteiger partial charge is 0.329 e. The topological polar surface area (TPSA) is 113 Å². The van der Waals surface area contributed by atoms with Crippen LogP contribution in [-0.4, -0.2) is 33.4 Å². The standard InChI is InChI=1S/C13H10IN3O5/c1-2-3-16-12(19)10(15-13(16)20)5-7-4-8(17(21)22)6-9(14)11(7)18/h2,4-6,18H,1,3H2,(H,15,20)/b10-5+. The number of amides is 3. The summed E-state index contributed by atoms with van der Waals surface area (Å²) < 4.78 is 0.262. The maximum atomic E-state index is 12.0. The monoisotopic (exact) mass is 415 g/mol. The van der Waals surface area contributed by atoms with Gasteiger partial charge in [-0.15, -0.1) is 6.58 Å². The Hall–Kier alpha value is -2.43. The lowest BCUT2D eigenvalue weighted by Gasteiger charge is -2.07. The summed E-state index contributed by atoms with van der Waals surface area (Å²) in [7, 11) is 0. The van der Waals surface area contributed by atoms with Crippen molar-refractivity contribution in [1.82, 2.24) is 10.2 Å². The molecule has 114 valence electrons. The highest BCUT2D eigenvalue weighted by Gasteiger charge is 2.32. The zero-order chi connectivity index (χ0) is 16.4. The van der Waals surface area contributed by atoms with Crippen molar-refractivity contribution in [2.75, 3.05) is 6.54 Å². The van der Waals surface area contributed by atoms with E-state index >= 15 is 0 Å². The molecule has 8 nitrogen and oxygen atoms in total. The number of nitrogens with one attached hydrogen (secondary N) is 1. The number of phenolic OH excluding ortho intramolecular Hbond substituents is 1. The molecule has 0 bridgehead atoms. The number of nitrogens with zero attached hydrogens (tertiary/aromatic N) is 2. The molecule has 0 aliphatic carbocycles. The number of nitro groups is 1. The van der Waals surface area contributed by atoms with Gasteiger partial charge in [0.05, 0.1) is 8.49 Å². The van der Waals surface area contributed by atoms with Crippen LogP contribution in [0.3, 0.4) is 0 Å². The highest BCUT2D eigenvalue weighted by molar-refractivity contribution is 14.1. The molecule has 1 heterocycles. The first-order chi connectivity index (χ1) is 10.3. The number of rotatable bonds is 4. The summed E-state index contributed by atoms with van der Waals surface area (Å²) in [6, 6.07) is 1.72. The number of phenols is 1. The van der Waals surface area contributed by atoms with Crippen LogP contribution in [0.1, 0.15) is 5.56 Å². The van der Waals surface area contributed by atoms with Crippen LogP contribution in [0.15, 0.2) is 30.5 Å². The summed E-state index contributed by atoms with van der Waals surface area (Å²) >= 11 is 1.74. The Bertz CT molecular complexity index is 729. The van der Waals surface area contributed by atoms with Crippen molar-refractivity contribution < 1.29 is 19.6 Å². The fraction of sp³-hybridized carbons (Fsp3) is 0.0769. The quantitative estimate of drug-likeness (QED) is 0.195. The van der Waals surface area contributed by atoms with Crippen molar-refractivity contribution in [3.8, 4) is 5.75 Å². The molecule has 3 amide bonds. The highest BCUT2D eigenvalue weighted by Crippen LogP contribution is 2.31. The van der Waals surface area contributed by atoms with E-state index in [-0.39, 0.29) is 32.8 Å². The van der Waals surface area contributed by atoms with Crippen molar-refractivity contribution in [3.63, 3.8) is 0 Å². The van der Waals surface area contributed by atoms with Crippen LogP contribution in [0.2, 0.25) is 0 Å². The van der Waals surface area contributed by atoms with Gasteiger partial charge in [-0.3, -0.25) is 19.8 Å². The van der Waals surface area contributed by atoms with Gasteiger partial charge in [0.15, 0.2) is 0 Å². The van der Waals surface area contributed by atoms with Crippen molar-refractivity contribution >= 4 is 46.3 Å². The van der Waals surface area contributed by atoms with Gasteiger partial charge in [-0.2, -0.15) is 0 Å². The van der Waals surface area contributed by atoms with Gasteiger partial charge in [0.25, 0.3) is 11.6 Å². The average molecular weight is 415 g/mol. The Morgan fingerprint density at radius 3 is 2.73 bits per heavy atom. The molecule has 22 heavy (non-hydrogen) atoms. The molecule has 1 aliphatic rings. The van der Waals surface area contributed by atoms with Crippen LogP contribution in [0.5, 0.6) is 5.75 Å². The van der Waals surface area contributed by atoms with E-state index in [4.69, 9.17) is 0 Å². The number of urea groups is 1. The molecule has 1 aromatic carbocycles. The molecule has 0 saturated carbocycles. The first-order valence-electron chi connectivity index (χ1n) is 5.97. The van der Waals surface area contributed by atoms with Crippen LogP contribution < -0.4 is 5.32 Å². The van der Waals surface area contributed by atoms with Gasteiger partial charge < -0.3 is 10.4 Å². The number of nitro benzene ring substituents is 1. The average Bonchev–Trinajstić information content (AvgIpc) is 2.71. The summed E-state index contributed by atoms with van der Waals surface area (Å²) in [6.07, 6.45) is 2.60. The van der Waals surface area contributed by atoms with Gasteiger partial charge in [0.1, 0.15) is 11.4 Å². The van der Waals surface area contributed by atoms with Crippen LogP contribution in [0.4, 0.5) is 10.5 Å². The van der Waals surface area contributed by atoms with Crippen LogP contribution >= 0.6 is 22.6 Å². The number of aromatic hydroxyl groups is 1. The summed E-state index contributed by atoms with van der Waals surface area (Å²) in [5.41, 5.74) is -0.227. The number of hydrogen-bond acceptors (Lipinski definition) is 5. The van der Waals surface area contributed by atoms with Gasteiger partial charge in [-0.05, 0) is 28.7 Å². The van der Waals surface area contributed by atoms with Crippen LogP contribution in [-0.2, 0) is 4.79 Å². The summed E-state index contributed by atoms with van der Waals surface area (Å²) in [4.78, 5) is 34.8. The van der Waals surface area contributed by atoms with Gasteiger partial charge in [0, 0.05) is 24.2 Å². The minimum Gasteiger partial charge on any atom is -0.506 e. The van der Waals surface area contributed by atoms with E-state index in [0.29, 0.717) is 0 Å². The number of imide groups is 1. The van der Waals surface area contributed by atoms with Crippen molar-refractivity contribution in [3.05, 3.63) is 49.7 Å². The lowest BCUT2D eigenvalue weighted by Crippen LogP contribution is -2.30. The second kappa shape index (κ2) is 6.13. The number of halogens is 1. The molecular formula is C13H10IN3O5. The number of carbonyl (C=O) groups excluding carboxylic acids is 2. The molecule has 0 unspecified atom stereocenters. The third-order valence-electron chi connectivity index (χ3n) is 2.86. The number of benzene rings is 1. The Labute approximate surface area is 138 Å². The second-order valence-corrected chi connectivity index (χ2v) is 5.48. The van der Waals surface area contributed by atoms with Gasteiger partial charge in [-0.1, -0.05) is 6.08 Å². The summed E-state index contributed by atoms with van der Waals surface area (Å²) in [5.74, 6) is -0.797. The largest absolute Gasteiger partial charge is 0.506 e. The molecule has 1 fully saturated rings. The minimum absolute atomic E-state index is 0.0421. The molecule has 2 rings (SSSR count). The van der Waals surface area contributed by atoms with Crippen LogP contribution in [0.25, 0.3) is 6.08 Å². The lowest BCUT2D eigenvalue weighted by molar-refractivity contribution is -0.385. The van der Waals surface area contributed by atoms with E-state index in [9.17, 15) is 24.8 Å². The molecule has 0 aromatic heterocycles. The first kappa shape index (κ1) is 15.9. The number of hydrogen-bond donors (Lipinski definition) is 2.